The number of rotatable bonds is 8. The first kappa shape index (κ1) is 22.6. The molecule has 0 radical (unpaired) electrons. The molecule has 0 aliphatic carbocycles. The standard InChI is InChI=1S/C30H26O3Se/c31-29-28(34-27-19-11-4-12-20-27)21-26(33-29)22-32-30(23-13-5-1-6-14-23,24-15-7-2-8-16-24)25-17-9-3-10-18-25/h1-20,26,28H,21-22H2/t26-,28?/m0/s1. The minimum atomic E-state index is -0.807. The van der Waals surface area contributed by atoms with E-state index in [2.05, 4.69) is 48.5 Å². The fourth-order valence-electron chi connectivity index (χ4n) is 4.47. The van der Waals surface area contributed by atoms with Crippen molar-refractivity contribution in [1.82, 2.24) is 0 Å². The molecule has 1 saturated heterocycles. The van der Waals surface area contributed by atoms with Gasteiger partial charge in [0, 0.05) is 0 Å². The molecule has 4 aromatic carbocycles. The third-order valence-corrected chi connectivity index (χ3v) is 8.62. The SMILES string of the molecule is O=C1O[C@H](COC(c2ccccc2)(c2ccccc2)c2ccccc2)CC1[Se]c1ccccc1. The summed E-state index contributed by atoms with van der Waals surface area (Å²) in [5.74, 6) is -0.109. The normalized spacial score (nSPS) is 17.9. The van der Waals surface area contributed by atoms with Crippen molar-refractivity contribution in [1.29, 1.82) is 0 Å². The Kier molecular flexibility index (Phi) is 6.92. The van der Waals surface area contributed by atoms with E-state index in [4.69, 9.17) is 9.47 Å². The van der Waals surface area contributed by atoms with E-state index in [1.165, 1.54) is 4.46 Å². The van der Waals surface area contributed by atoms with Gasteiger partial charge in [0.25, 0.3) is 0 Å². The van der Waals surface area contributed by atoms with Gasteiger partial charge in [0.1, 0.15) is 0 Å². The van der Waals surface area contributed by atoms with Gasteiger partial charge in [-0.3, -0.25) is 0 Å². The van der Waals surface area contributed by atoms with Gasteiger partial charge in [-0.2, -0.15) is 0 Å². The number of carbonyl (C=O) groups excluding carboxylic acids is 1. The van der Waals surface area contributed by atoms with Crippen molar-refractivity contribution < 1.29 is 14.3 Å². The third kappa shape index (κ3) is 4.71. The summed E-state index contributed by atoms with van der Waals surface area (Å²) in [5, 5.41) is 0. The number of benzene rings is 4. The molecule has 4 heteroatoms. The van der Waals surface area contributed by atoms with Crippen LogP contribution in [0.1, 0.15) is 23.1 Å². The first-order chi connectivity index (χ1) is 16.8. The number of carbonyl (C=O) groups is 1. The number of hydrogen-bond acceptors (Lipinski definition) is 3. The van der Waals surface area contributed by atoms with E-state index in [1.807, 2.05) is 72.8 Å². The Bertz CT molecular complexity index is 1100. The van der Waals surface area contributed by atoms with E-state index in [0.29, 0.717) is 13.0 Å². The second-order valence-electron chi connectivity index (χ2n) is 8.30. The molecule has 0 amide bonds. The zero-order valence-electron chi connectivity index (χ0n) is 18.7. The van der Waals surface area contributed by atoms with Crippen LogP contribution >= 0.6 is 0 Å². The van der Waals surface area contributed by atoms with Crippen LogP contribution in [0.3, 0.4) is 0 Å². The molecule has 0 spiro atoms. The predicted octanol–water partition coefficient (Wildman–Crippen LogP) is 5.13. The van der Waals surface area contributed by atoms with Crippen LogP contribution in [-0.2, 0) is 19.9 Å². The molecule has 3 nitrogen and oxygen atoms in total. The van der Waals surface area contributed by atoms with Crippen LogP contribution in [0.2, 0.25) is 4.82 Å². The summed E-state index contributed by atoms with van der Waals surface area (Å²) >= 11 is 0.0441. The molecule has 2 atom stereocenters. The molecular formula is C30H26O3Se. The summed E-state index contributed by atoms with van der Waals surface area (Å²) < 4.78 is 13.9. The molecule has 0 bridgehead atoms. The fraction of sp³-hybridized carbons (Fsp3) is 0.167. The fourth-order valence-corrected chi connectivity index (χ4v) is 6.79. The summed E-state index contributed by atoms with van der Waals surface area (Å²) in [4.78, 5) is 12.6. The molecule has 34 heavy (non-hydrogen) atoms. The molecular weight excluding hydrogens is 487 g/mol. The summed E-state index contributed by atoms with van der Waals surface area (Å²) in [7, 11) is 0. The van der Waals surface area contributed by atoms with Crippen LogP contribution in [-0.4, -0.2) is 33.6 Å². The Labute approximate surface area is 206 Å². The van der Waals surface area contributed by atoms with Crippen molar-refractivity contribution in [2.45, 2.75) is 22.9 Å². The van der Waals surface area contributed by atoms with E-state index in [0.717, 1.165) is 16.7 Å². The molecule has 1 aliphatic heterocycles. The zero-order chi connectivity index (χ0) is 23.2. The van der Waals surface area contributed by atoms with E-state index >= 15 is 0 Å². The first-order valence-electron chi connectivity index (χ1n) is 11.5. The van der Waals surface area contributed by atoms with Gasteiger partial charge >= 0.3 is 207 Å². The Morgan fingerprint density at radius 2 is 1.15 bits per heavy atom. The van der Waals surface area contributed by atoms with Gasteiger partial charge in [-0.05, 0) is 0 Å². The summed E-state index contributed by atoms with van der Waals surface area (Å²) in [5.41, 5.74) is 2.32. The van der Waals surface area contributed by atoms with E-state index in [9.17, 15) is 4.79 Å². The molecule has 0 aromatic heterocycles. The Hall–Kier alpha value is -3.17. The molecule has 4 aromatic rings. The van der Waals surface area contributed by atoms with Crippen LogP contribution in [0.15, 0.2) is 121 Å². The van der Waals surface area contributed by atoms with Gasteiger partial charge in [-0.15, -0.1) is 0 Å². The quantitative estimate of drug-likeness (QED) is 0.186. The van der Waals surface area contributed by atoms with E-state index < -0.39 is 5.60 Å². The second-order valence-corrected chi connectivity index (χ2v) is 11.0. The average molecular weight is 513 g/mol. The number of hydrogen-bond donors (Lipinski definition) is 0. The van der Waals surface area contributed by atoms with Crippen LogP contribution in [0.25, 0.3) is 0 Å². The maximum atomic E-state index is 12.7. The number of esters is 1. The van der Waals surface area contributed by atoms with Gasteiger partial charge < -0.3 is 0 Å². The molecule has 1 unspecified atom stereocenters. The summed E-state index contributed by atoms with van der Waals surface area (Å²) in [6.07, 6.45) is 0.418. The van der Waals surface area contributed by atoms with Crippen molar-refractivity contribution in [2.75, 3.05) is 6.61 Å². The van der Waals surface area contributed by atoms with Crippen molar-refractivity contribution >= 4 is 25.4 Å². The van der Waals surface area contributed by atoms with Gasteiger partial charge in [0.2, 0.25) is 0 Å². The average Bonchev–Trinajstić information content (AvgIpc) is 3.26. The molecule has 170 valence electrons. The molecule has 0 saturated carbocycles. The molecule has 1 heterocycles. The maximum absolute atomic E-state index is 12.7. The Morgan fingerprint density at radius 3 is 1.62 bits per heavy atom. The van der Waals surface area contributed by atoms with Gasteiger partial charge in [0.15, 0.2) is 0 Å². The van der Waals surface area contributed by atoms with Crippen LogP contribution in [0.5, 0.6) is 0 Å². The van der Waals surface area contributed by atoms with Crippen molar-refractivity contribution in [3.05, 3.63) is 138 Å². The molecule has 5 rings (SSSR count). The van der Waals surface area contributed by atoms with E-state index in [1.54, 1.807) is 0 Å². The minimum absolute atomic E-state index is 0.0441. The van der Waals surface area contributed by atoms with Crippen LogP contribution in [0, 0.1) is 0 Å². The van der Waals surface area contributed by atoms with Crippen LogP contribution in [0.4, 0.5) is 0 Å². The molecule has 0 N–H and O–H groups in total. The number of ether oxygens (including phenoxy) is 2. The zero-order valence-corrected chi connectivity index (χ0v) is 20.5. The molecule has 1 aliphatic rings. The second kappa shape index (κ2) is 10.4. The topological polar surface area (TPSA) is 35.5 Å². The van der Waals surface area contributed by atoms with Gasteiger partial charge in [-0.25, -0.2) is 0 Å². The van der Waals surface area contributed by atoms with Gasteiger partial charge in [0.05, 0.1) is 0 Å². The first-order valence-corrected chi connectivity index (χ1v) is 13.3. The summed E-state index contributed by atoms with van der Waals surface area (Å²) in [6.45, 7) is 0.325. The monoisotopic (exact) mass is 514 g/mol. The van der Waals surface area contributed by atoms with Crippen molar-refractivity contribution in [2.24, 2.45) is 0 Å². The molecule has 1 fully saturated rings. The van der Waals surface area contributed by atoms with Gasteiger partial charge in [-0.1, -0.05) is 0 Å². The Morgan fingerprint density at radius 1 is 0.706 bits per heavy atom. The van der Waals surface area contributed by atoms with Crippen LogP contribution < -0.4 is 4.46 Å². The number of cyclic esters (lactones) is 1. The summed E-state index contributed by atoms with van der Waals surface area (Å²) in [6, 6.07) is 41.1. The predicted molar refractivity (Wildman–Crippen MR) is 135 cm³/mol. The van der Waals surface area contributed by atoms with Crippen molar-refractivity contribution in [3.63, 3.8) is 0 Å². The van der Waals surface area contributed by atoms with E-state index in [-0.39, 0.29) is 31.8 Å². The van der Waals surface area contributed by atoms with Crippen molar-refractivity contribution in [3.8, 4) is 0 Å². The Balaban J connectivity index is 1.45. The third-order valence-electron chi connectivity index (χ3n) is 6.07.